The first-order valence-electron chi connectivity index (χ1n) is 14.3. The number of anilines is 3. The van der Waals surface area contributed by atoms with Crippen molar-refractivity contribution in [3.05, 3.63) is 70.1 Å². The van der Waals surface area contributed by atoms with E-state index in [2.05, 4.69) is 16.0 Å². The van der Waals surface area contributed by atoms with Crippen molar-refractivity contribution in [3.63, 3.8) is 0 Å². The first-order valence-corrected chi connectivity index (χ1v) is 16.4. The van der Waals surface area contributed by atoms with Crippen molar-refractivity contribution in [2.75, 3.05) is 29.6 Å². The molecule has 0 fully saturated rings. The molecule has 9 nitrogen and oxygen atoms in total. The van der Waals surface area contributed by atoms with E-state index in [9.17, 15) is 14.4 Å². The summed E-state index contributed by atoms with van der Waals surface area (Å²) in [5, 5.41) is 9.84. The number of nitrogens with zero attached hydrogens (tertiary/aromatic N) is 1. The van der Waals surface area contributed by atoms with Crippen LogP contribution in [0.4, 0.5) is 21.2 Å². The molecular formula is C32H38N4O5S3. The molecule has 0 saturated carbocycles. The quantitative estimate of drug-likeness (QED) is 0.130. The van der Waals surface area contributed by atoms with Crippen LogP contribution in [0, 0.1) is 6.92 Å². The Labute approximate surface area is 272 Å². The lowest BCUT2D eigenvalue weighted by Gasteiger charge is -2.30. The van der Waals surface area contributed by atoms with Gasteiger partial charge in [0.2, 0.25) is 5.91 Å². The van der Waals surface area contributed by atoms with E-state index in [1.54, 1.807) is 4.90 Å². The minimum absolute atomic E-state index is 0.222. The van der Waals surface area contributed by atoms with Gasteiger partial charge in [-0.2, -0.15) is 0 Å². The Morgan fingerprint density at radius 1 is 1.07 bits per heavy atom. The second-order valence-corrected chi connectivity index (χ2v) is 14.1. The summed E-state index contributed by atoms with van der Waals surface area (Å²) in [4.78, 5) is 42.4. The zero-order valence-electron chi connectivity index (χ0n) is 25.7. The number of carbonyl (C=O) groups excluding carboxylic acids is 3. The molecule has 3 N–H and O–H groups in total. The van der Waals surface area contributed by atoms with Crippen LogP contribution in [0.15, 0.2) is 53.4 Å². The third-order valence-electron chi connectivity index (χ3n) is 6.68. The molecule has 1 unspecified atom stereocenters. The van der Waals surface area contributed by atoms with E-state index in [-0.39, 0.29) is 5.91 Å². The zero-order valence-corrected chi connectivity index (χ0v) is 28.2. The molecule has 44 heavy (non-hydrogen) atoms. The number of benzene rings is 2. The van der Waals surface area contributed by atoms with Crippen molar-refractivity contribution in [1.82, 2.24) is 4.90 Å². The van der Waals surface area contributed by atoms with E-state index >= 15 is 0 Å². The molecule has 0 saturated heterocycles. The predicted octanol–water partition coefficient (Wildman–Crippen LogP) is 7.45. The predicted molar refractivity (Wildman–Crippen MR) is 182 cm³/mol. The van der Waals surface area contributed by atoms with E-state index in [4.69, 9.17) is 21.7 Å². The molecule has 4 rings (SSSR count). The van der Waals surface area contributed by atoms with Crippen molar-refractivity contribution in [2.24, 2.45) is 0 Å². The molecule has 1 aliphatic heterocycles. The standard InChI is InChI=1S/C32H38N4O5S3/c1-7-24(43-22-10-8-9-21(17-22)34-30(42)33-20-13-11-19(2)12-14-20)27(37)35-28-26(29(38)40-6)23-15-16-36(18-25(23)44-28)31(39)41-32(3,4)5/h8-14,17,24H,7,15-16,18H2,1-6H3,(H,35,37)(H2,33,34,42). The fourth-order valence-corrected chi connectivity index (χ4v) is 7.05. The number of thiophene rings is 1. The second kappa shape index (κ2) is 14.4. The molecule has 0 aliphatic carbocycles. The maximum absolute atomic E-state index is 13.5. The van der Waals surface area contributed by atoms with Gasteiger partial charge in [0, 0.05) is 27.7 Å². The highest BCUT2D eigenvalue weighted by atomic mass is 32.2. The minimum atomic E-state index is -0.615. The number of thiocarbonyl (C=S) groups is 1. The van der Waals surface area contributed by atoms with Crippen molar-refractivity contribution in [3.8, 4) is 0 Å². The fraction of sp³-hybridized carbons (Fsp3) is 0.375. The number of thioether (sulfide) groups is 1. The van der Waals surface area contributed by atoms with Crippen LogP contribution in [0.1, 0.15) is 60.5 Å². The molecule has 0 bridgehead atoms. The fourth-order valence-electron chi connectivity index (χ4n) is 4.55. The largest absolute Gasteiger partial charge is 0.465 e. The Kier molecular flexibility index (Phi) is 10.9. The molecule has 2 heterocycles. The molecule has 0 radical (unpaired) electrons. The molecule has 2 aromatic carbocycles. The van der Waals surface area contributed by atoms with Crippen LogP contribution in [-0.4, -0.2) is 52.5 Å². The average Bonchev–Trinajstić information content (AvgIpc) is 3.32. The molecule has 1 aliphatic rings. The Balaban J connectivity index is 1.45. The number of esters is 1. The number of hydrogen-bond acceptors (Lipinski definition) is 8. The zero-order chi connectivity index (χ0) is 32.0. The summed E-state index contributed by atoms with van der Waals surface area (Å²) in [6, 6.07) is 15.7. The maximum Gasteiger partial charge on any atom is 0.410 e. The van der Waals surface area contributed by atoms with E-state index in [1.165, 1.54) is 35.8 Å². The van der Waals surface area contributed by atoms with Crippen molar-refractivity contribution < 1.29 is 23.9 Å². The summed E-state index contributed by atoms with van der Waals surface area (Å²) in [5.41, 5.74) is 3.38. The summed E-state index contributed by atoms with van der Waals surface area (Å²) in [6.07, 6.45) is 0.609. The van der Waals surface area contributed by atoms with Crippen LogP contribution in [-0.2, 0) is 27.2 Å². The Hall–Kier alpha value is -3.61. The maximum atomic E-state index is 13.5. The van der Waals surface area contributed by atoms with Gasteiger partial charge in [-0.15, -0.1) is 23.1 Å². The van der Waals surface area contributed by atoms with Gasteiger partial charge in [0.1, 0.15) is 10.6 Å². The van der Waals surface area contributed by atoms with Gasteiger partial charge in [0.25, 0.3) is 0 Å². The smallest absolute Gasteiger partial charge is 0.410 e. The van der Waals surface area contributed by atoms with E-state index < -0.39 is 22.9 Å². The van der Waals surface area contributed by atoms with Gasteiger partial charge >= 0.3 is 12.1 Å². The van der Waals surface area contributed by atoms with Gasteiger partial charge in [-0.3, -0.25) is 4.79 Å². The summed E-state index contributed by atoms with van der Waals surface area (Å²) in [5.74, 6) is -0.738. The Morgan fingerprint density at radius 3 is 2.43 bits per heavy atom. The molecule has 3 aromatic rings. The van der Waals surface area contributed by atoms with Crippen LogP contribution >= 0.6 is 35.3 Å². The Bertz CT molecular complexity index is 1530. The highest BCUT2D eigenvalue weighted by molar-refractivity contribution is 8.00. The van der Waals surface area contributed by atoms with Gasteiger partial charge in [0.05, 0.1) is 24.5 Å². The van der Waals surface area contributed by atoms with Crippen molar-refractivity contribution in [2.45, 2.75) is 69.8 Å². The molecule has 1 aromatic heterocycles. The van der Waals surface area contributed by atoms with Crippen LogP contribution in [0.25, 0.3) is 0 Å². The lowest BCUT2D eigenvalue weighted by atomic mass is 10.0. The van der Waals surface area contributed by atoms with Crippen molar-refractivity contribution in [1.29, 1.82) is 0 Å². The monoisotopic (exact) mass is 654 g/mol. The number of amides is 2. The first-order chi connectivity index (χ1) is 20.9. The lowest BCUT2D eigenvalue weighted by molar-refractivity contribution is -0.115. The van der Waals surface area contributed by atoms with Gasteiger partial charge < -0.3 is 30.3 Å². The van der Waals surface area contributed by atoms with Gasteiger partial charge in [-0.05, 0) is 88.6 Å². The second-order valence-electron chi connectivity index (χ2n) is 11.3. The lowest BCUT2D eigenvalue weighted by Crippen LogP contribution is -2.39. The van der Waals surface area contributed by atoms with Crippen molar-refractivity contribution >= 4 is 74.8 Å². The molecule has 2 amide bonds. The normalized spacial score (nSPS) is 13.4. The number of hydrogen-bond donors (Lipinski definition) is 3. The highest BCUT2D eigenvalue weighted by Crippen LogP contribution is 2.39. The number of aryl methyl sites for hydroxylation is 1. The highest BCUT2D eigenvalue weighted by Gasteiger charge is 2.33. The van der Waals surface area contributed by atoms with E-state index in [0.29, 0.717) is 41.6 Å². The van der Waals surface area contributed by atoms with Gasteiger partial charge in [-0.1, -0.05) is 30.7 Å². The van der Waals surface area contributed by atoms with Crippen LogP contribution in [0.5, 0.6) is 0 Å². The van der Waals surface area contributed by atoms with Crippen LogP contribution in [0.2, 0.25) is 0 Å². The van der Waals surface area contributed by atoms with Gasteiger partial charge in [-0.25, -0.2) is 9.59 Å². The topological polar surface area (TPSA) is 109 Å². The summed E-state index contributed by atoms with van der Waals surface area (Å²) >= 11 is 8.21. The minimum Gasteiger partial charge on any atom is -0.465 e. The third kappa shape index (κ3) is 8.73. The number of rotatable bonds is 8. The number of nitrogens with one attached hydrogen (secondary N) is 3. The molecule has 0 spiro atoms. The molecule has 12 heteroatoms. The van der Waals surface area contributed by atoms with Gasteiger partial charge in [0.15, 0.2) is 5.11 Å². The van der Waals surface area contributed by atoms with E-state index in [0.717, 1.165) is 26.7 Å². The summed E-state index contributed by atoms with van der Waals surface area (Å²) in [7, 11) is 1.32. The molecular weight excluding hydrogens is 617 g/mol. The van der Waals surface area contributed by atoms with Crippen LogP contribution < -0.4 is 16.0 Å². The summed E-state index contributed by atoms with van der Waals surface area (Å²) in [6.45, 7) is 10.1. The van der Waals surface area contributed by atoms with E-state index in [1.807, 2.05) is 83.1 Å². The number of methoxy groups -OCH3 is 1. The molecule has 234 valence electrons. The number of ether oxygens (including phenoxy) is 2. The molecule has 1 atom stereocenters. The number of fused-ring (bicyclic) bond motifs is 1. The average molecular weight is 655 g/mol. The number of carbonyl (C=O) groups is 3. The third-order valence-corrected chi connectivity index (χ3v) is 9.37. The Morgan fingerprint density at radius 2 is 1.77 bits per heavy atom. The first kappa shape index (κ1) is 33.3. The summed E-state index contributed by atoms with van der Waals surface area (Å²) < 4.78 is 10.6. The van der Waals surface area contributed by atoms with Crippen LogP contribution in [0.3, 0.4) is 0 Å². The SMILES string of the molecule is CCC(Sc1cccc(NC(=S)Nc2ccc(C)cc2)c1)C(=O)Nc1sc2c(c1C(=O)OC)CCN(C(=O)OC(C)(C)C)C2.